The fraction of sp³-hybridized carbons (Fsp3) is 0.125. The largest absolute Gasteiger partial charge is 0.497 e. The molecule has 0 bridgehead atoms. The Hall–Kier alpha value is -3.62. The van der Waals surface area contributed by atoms with Gasteiger partial charge in [0.15, 0.2) is 12.4 Å². The summed E-state index contributed by atoms with van der Waals surface area (Å²) >= 11 is 0. The number of nitro benzene ring substituents is 1. The van der Waals surface area contributed by atoms with Gasteiger partial charge >= 0.3 is 11.7 Å². The molecule has 0 fully saturated rings. The highest BCUT2D eigenvalue weighted by molar-refractivity contribution is 5.92. The van der Waals surface area contributed by atoms with Gasteiger partial charge in [-0.25, -0.2) is 4.79 Å². The molecule has 2 N–H and O–H groups in total. The van der Waals surface area contributed by atoms with E-state index in [1.165, 1.54) is 7.11 Å². The lowest BCUT2D eigenvalue weighted by atomic mass is 10.2. The monoisotopic (exact) mass is 346 g/mol. The van der Waals surface area contributed by atoms with Crippen LogP contribution in [0.3, 0.4) is 0 Å². The van der Waals surface area contributed by atoms with Crippen LogP contribution in [0.25, 0.3) is 0 Å². The lowest BCUT2D eigenvalue weighted by molar-refractivity contribution is -0.385. The van der Waals surface area contributed by atoms with E-state index >= 15 is 0 Å². The number of hydrogen-bond donors (Lipinski definition) is 2. The molecule has 0 saturated heterocycles. The lowest BCUT2D eigenvalue weighted by Crippen LogP contribution is -2.20. The number of carbonyl (C=O) groups excluding carboxylic acids is 1. The van der Waals surface area contributed by atoms with Crippen LogP contribution in [0.4, 0.5) is 11.4 Å². The van der Waals surface area contributed by atoms with Crippen LogP contribution in [-0.2, 0) is 4.79 Å². The summed E-state index contributed by atoms with van der Waals surface area (Å²) < 4.78 is 10.2. The molecule has 0 atom stereocenters. The number of carboxylic acids is 1. The molecule has 2 aromatic carbocycles. The van der Waals surface area contributed by atoms with Crippen LogP contribution in [0, 0.1) is 10.1 Å². The topological polar surface area (TPSA) is 128 Å². The zero-order valence-corrected chi connectivity index (χ0v) is 13.1. The second-order valence-corrected chi connectivity index (χ2v) is 4.81. The second kappa shape index (κ2) is 7.77. The number of rotatable bonds is 7. The molecular weight excluding hydrogens is 332 g/mol. The third-order valence-electron chi connectivity index (χ3n) is 3.12. The first-order valence-corrected chi connectivity index (χ1v) is 6.99. The summed E-state index contributed by atoms with van der Waals surface area (Å²) in [5, 5.41) is 22.5. The fourth-order valence-electron chi connectivity index (χ4n) is 1.95. The molecule has 0 aliphatic rings. The molecule has 25 heavy (non-hydrogen) atoms. The minimum atomic E-state index is -1.26. The normalized spacial score (nSPS) is 9.96. The van der Waals surface area contributed by atoms with Gasteiger partial charge in [0.2, 0.25) is 0 Å². The molecule has 0 radical (unpaired) electrons. The Labute approximate surface area is 141 Å². The molecule has 2 aromatic rings. The standard InChI is InChI=1S/C16H14N2O7/c1-24-12-4-2-3-11(8-12)17-15(19)9-25-14-7-10(16(20)21)5-6-13(14)18(22)23/h2-8H,9H2,1H3,(H,17,19)(H,20,21). The van der Waals surface area contributed by atoms with Crippen molar-refractivity contribution in [2.75, 3.05) is 19.0 Å². The summed E-state index contributed by atoms with van der Waals surface area (Å²) in [7, 11) is 1.48. The van der Waals surface area contributed by atoms with Crippen molar-refractivity contribution in [2.45, 2.75) is 0 Å². The van der Waals surface area contributed by atoms with E-state index < -0.39 is 29.1 Å². The number of hydrogen-bond acceptors (Lipinski definition) is 6. The van der Waals surface area contributed by atoms with Gasteiger partial charge in [-0.3, -0.25) is 14.9 Å². The van der Waals surface area contributed by atoms with Crippen LogP contribution in [0.1, 0.15) is 10.4 Å². The van der Waals surface area contributed by atoms with Crippen LogP contribution in [0.5, 0.6) is 11.5 Å². The first kappa shape index (κ1) is 17.7. The van der Waals surface area contributed by atoms with Crippen molar-refractivity contribution in [1.29, 1.82) is 0 Å². The van der Waals surface area contributed by atoms with Gasteiger partial charge in [-0.15, -0.1) is 0 Å². The predicted octanol–water partition coefficient (Wildman–Crippen LogP) is 2.32. The maximum absolute atomic E-state index is 11.9. The van der Waals surface area contributed by atoms with Gasteiger partial charge in [-0.05, 0) is 18.2 Å². The minimum Gasteiger partial charge on any atom is -0.497 e. The molecule has 130 valence electrons. The number of nitrogens with zero attached hydrogens (tertiary/aromatic N) is 1. The van der Waals surface area contributed by atoms with Crippen LogP contribution < -0.4 is 14.8 Å². The minimum absolute atomic E-state index is 0.186. The van der Waals surface area contributed by atoms with Crippen molar-refractivity contribution in [1.82, 2.24) is 0 Å². The van der Waals surface area contributed by atoms with Gasteiger partial charge < -0.3 is 19.9 Å². The third-order valence-corrected chi connectivity index (χ3v) is 3.12. The average molecular weight is 346 g/mol. The number of carboxylic acid groups (broad SMARTS) is 1. The van der Waals surface area contributed by atoms with E-state index in [4.69, 9.17) is 14.6 Å². The predicted molar refractivity (Wildman–Crippen MR) is 87.2 cm³/mol. The van der Waals surface area contributed by atoms with Gasteiger partial charge in [0, 0.05) is 23.9 Å². The molecule has 0 aliphatic carbocycles. The summed E-state index contributed by atoms with van der Waals surface area (Å²) in [4.78, 5) is 33.1. The number of nitrogens with one attached hydrogen (secondary N) is 1. The summed E-state index contributed by atoms with van der Waals surface area (Å²) in [6, 6.07) is 9.70. The van der Waals surface area contributed by atoms with Crippen LogP contribution >= 0.6 is 0 Å². The molecular formula is C16H14N2O7. The highest BCUT2D eigenvalue weighted by Gasteiger charge is 2.19. The van der Waals surface area contributed by atoms with Gasteiger partial charge in [-0.2, -0.15) is 0 Å². The fourth-order valence-corrected chi connectivity index (χ4v) is 1.95. The number of benzene rings is 2. The smallest absolute Gasteiger partial charge is 0.335 e. The molecule has 0 saturated carbocycles. The zero-order valence-electron chi connectivity index (χ0n) is 13.1. The summed E-state index contributed by atoms with van der Waals surface area (Å²) in [5.74, 6) is -1.59. The quantitative estimate of drug-likeness (QED) is 0.581. The van der Waals surface area contributed by atoms with E-state index in [1.54, 1.807) is 24.3 Å². The SMILES string of the molecule is COc1cccc(NC(=O)COc2cc(C(=O)O)ccc2[N+](=O)[O-])c1. The van der Waals surface area contributed by atoms with Crippen molar-refractivity contribution in [2.24, 2.45) is 0 Å². The molecule has 0 spiro atoms. The van der Waals surface area contributed by atoms with E-state index in [2.05, 4.69) is 5.32 Å². The Balaban J connectivity index is 2.08. The highest BCUT2D eigenvalue weighted by Crippen LogP contribution is 2.28. The van der Waals surface area contributed by atoms with E-state index in [0.717, 1.165) is 18.2 Å². The first-order valence-electron chi connectivity index (χ1n) is 6.99. The Morgan fingerprint density at radius 3 is 2.64 bits per heavy atom. The molecule has 9 nitrogen and oxygen atoms in total. The highest BCUT2D eigenvalue weighted by atomic mass is 16.6. The number of amides is 1. The van der Waals surface area contributed by atoms with Crippen molar-refractivity contribution in [3.05, 3.63) is 58.1 Å². The zero-order chi connectivity index (χ0) is 18.4. The van der Waals surface area contributed by atoms with Crippen molar-refractivity contribution >= 4 is 23.3 Å². The summed E-state index contributed by atoms with van der Waals surface area (Å²) in [6.07, 6.45) is 0. The number of aromatic carboxylic acids is 1. The molecule has 2 rings (SSSR count). The van der Waals surface area contributed by atoms with E-state index in [0.29, 0.717) is 11.4 Å². The molecule has 0 heterocycles. The Morgan fingerprint density at radius 1 is 1.24 bits per heavy atom. The molecule has 1 amide bonds. The van der Waals surface area contributed by atoms with Crippen molar-refractivity contribution < 1.29 is 29.1 Å². The van der Waals surface area contributed by atoms with Crippen molar-refractivity contribution in [3.8, 4) is 11.5 Å². The van der Waals surface area contributed by atoms with Gasteiger partial charge in [-0.1, -0.05) is 6.07 Å². The summed E-state index contributed by atoms with van der Waals surface area (Å²) in [6.45, 7) is -0.527. The van der Waals surface area contributed by atoms with Crippen molar-refractivity contribution in [3.63, 3.8) is 0 Å². The number of methoxy groups -OCH3 is 1. The number of carbonyl (C=O) groups is 2. The van der Waals surface area contributed by atoms with Crippen LogP contribution in [0.2, 0.25) is 0 Å². The first-order chi connectivity index (χ1) is 11.9. The summed E-state index contributed by atoms with van der Waals surface area (Å²) in [5.41, 5.74) is -0.158. The van der Waals surface area contributed by atoms with E-state index in [1.807, 2.05) is 0 Å². The Kier molecular flexibility index (Phi) is 5.51. The van der Waals surface area contributed by atoms with Crippen LogP contribution in [0.15, 0.2) is 42.5 Å². The number of anilines is 1. The second-order valence-electron chi connectivity index (χ2n) is 4.81. The van der Waals surface area contributed by atoms with Gasteiger partial charge in [0.05, 0.1) is 17.6 Å². The molecule has 0 aromatic heterocycles. The Morgan fingerprint density at radius 2 is 2.00 bits per heavy atom. The number of nitro groups is 1. The van der Waals surface area contributed by atoms with Gasteiger partial charge in [0.1, 0.15) is 5.75 Å². The average Bonchev–Trinajstić information content (AvgIpc) is 2.59. The maximum Gasteiger partial charge on any atom is 0.335 e. The van der Waals surface area contributed by atoms with Crippen LogP contribution in [-0.4, -0.2) is 35.6 Å². The molecule has 9 heteroatoms. The molecule has 0 unspecified atom stereocenters. The van der Waals surface area contributed by atoms with E-state index in [9.17, 15) is 19.7 Å². The van der Waals surface area contributed by atoms with Gasteiger partial charge in [0.25, 0.3) is 5.91 Å². The third kappa shape index (κ3) is 4.67. The molecule has 0 aliphatic heterocycles. The maximum atomic E-state index is 11.9. The van der Waals surface area contributed by atoms with E-state index in [-0.39, 0.29) is 11.3 Å². The lowest BCUT2D eigenvalue weighted by Gasteiger charge is -2.09. The number of ether oxygens (including phenoxy) is 2. The Bertz CT molecular complexity index is 820.